The van der Waals surface area contributed by atoms with Gasteiger partial charge in [-0.1, -0.05) is 0 Å². The molecular weight excluding hydrogens is 176 g/mol. The van der Waals surface area contributed by atoms with Gasteiger partial charge in [-0.05, 0) is 32.6 Å². The molecule has 1 atom stereocenters. The molecule has 4 heteroatoms. The van der Waals surface area contributed by atoms with Crippen molar-refractivity contribution in [2.45, 2.75) is 50.6 Å². The van der Waals surface area contributed by atoms with Crippen molar-refractivity contribution >= 4 is 0 Å². The molecule has 4 nitrogen and oxygen atoms in total. The fraction of sp³-hybridized carbons (Fsp3) is 0.800. The molecule has 0 spiro atoms. The normalized spacial score (nSPS) is 28.6. The van der Waals surface area contributed by atoms with E-state index in [9.17, 15) is 0 Å². The lowest BCUT2D eigenvalue weighted by Gasteiger charge is -2.27. The van der Waals surface area contributed by atoms with Crippen LogP contribution in [0.2, 0.25) is 0 Å². The van der Waals surface area contributed by atoms with Crippen LogP contribution in [0.5, 0.6) is 0 Å². The van der Waals surface area contributed by atoms with Gasteiger partial charge in [0, 0.05) is 18.0 Å². The number of hydrogen-bond donors (Lipinski definition) is 1. The molecule has 1 fully saturated rings. The van der Waals surface area contributed by atoms with Gasteiger partial charge in [0.1, 0.15) is 11.6 Å². The molecule has 2 aliphatic rings. The lowest BCUT2D eigenvalue weighted by molar-refractivity contribution is 0.376. The Hall–Kier alpha value is -0.900. The molecular formula is C10H16N4. The first-order chi connectivity index (χ1) is 6.71. The van der Waals surface area contributed by atoms with Crippen LogP contribution < -0.4 is 5.73 Å². The molecule has 1 aliphatic heterocycles. The van der Waals surface area contributed by atoms with E-state index in [2.05, 4.69) is 14.8 Å². The van der Waals surface area contributed by atoms with Crippen molar-refractivity contribution in [1.82, 2.24) is 14.8 Å². The summed E-state index contributed by atoms with van der Waals surface area (Å²) in [5.74, 6) is 2.63. The Labute approximate surface area is 83.5 Å². The first kappa shape index (κ1) is 8.41. The minimum atomic E-state index is 0.0532. The van der Waals surface area contributed by atoms with Crippen molar-refractivity contribution < 1.29 is 0 Å². The van der Waals surface area contributed by atoms with E-state index in [-0.39, 0.29) is 5.54 Å². The van der Waals surface area contributed by atoms with Crippen molar-refractivity contribution in [3.63, 3.8) is 0 Å². The zero-order chi connectivity index (χ0) is 9.76. The Morgan fingerprint density at radius 3 is 2.93 bits per heavy atom. The predicted molar refractivity (Wildman–Crippen MR) is 52.9 cm³/mol. The van der Waals surface area contributed by atoms with Crippen molar-refractivity contribution in [1.29, 1.82) is 0 Å². The van der Waals surface area contributed by atoms with E-state index in [0.717, 1.165) is 31.0 Å². The topological polar surface area (TPSA) is 56.7 Å². The summed E-state index contributed by atoms with van der Waals surface area (Å²) >= 11 is 0. The summed E-state index contributed by atoms with van der Waals surface area (Å²) in [4.78, 5) is 0. The summed E-state index contributed by atoms with van der Waals surface area (Å²) < 4.78 is 2.24. The molecule has 1 saturated carbocycles. The van der Waals surface area contributed by atoms with E-state index in [0.29, 0.717) is 5.92 Å². The Morgan fingerprint density at radius 1 is 1.43 bits per heavy atom. The molecule has 0 saturated heterocycles. The summed E-state index contributed by atoms with van der Waals surface area (Å²) in [6.07, 6.45) is 4.72. The van der Waals surface area contributed by atoms with Crippen LogP contribution in [0.1, 0.15) is 43.3 Å². The maximum Gasteiger partial charge on any atom is 0.137 e. The second-order valence-corrected chi connectivity index (χ2v) is 4.69. The number of hydrogen-bond acceptors (Lipinski definition) is 3. The highest BCUT2D eigenvalue weighted by Crippen LogP contribution is 2.48. The van der Waals surface area contributed by atoms with E-state index >= 15 is 0 Å². The minimum absolute atomic E-state index is 0.0532. The van der Waals surface area contributed by atoms with Gasteiger partial charge in [-0.15, -0.1) is 10.2 Å². The first-order valence-electron chi connectivity index (χ1n) is 5.39. The van der Waals surface area contributed by atoms with Crippen molar-refractivity contribution in [3.05, 3.63) is 11.6 Å². The SMILES string of the molecule is Cc1nnc2n1CCCC2C1(N)CC1. The molecule has 1 aliphatic carbocycles. The van der Waals surface area contributed by atoms with Gasteiger partial charge in [0.25, 0.3) is 0 Å². The second-order valence-electron chi connectivity index (χ2n) is 4.69. The average molecular weight is 192 g/mol. The highest BCUT2D eigenvalue weighted by molar-refractivity contribution is 5.18. The van der Waals surface area contributed by atoms with E-state index < -0.39 is 0 Å². The van der Waals surface area contributed by atoms with Gasteiger partial charge in [-0.25, -0.2) is 0 Å². The Bertz CT molecular complexity index is 364. The van der Waals surface area contributed by atoms with Gasteiger partial charge >= 0.3 is 0 Å². The number of nitrogens with two attached hydrogens (primary N) is 1. The second kappa shape index (κ2) is 2.57. The van der Waals surface area contributed by atoms with E-state index in [4.69, 9.17) is 5.73 Å². The summed E-state index contributed by atoms with van der Waals surface area (Å²) in [7, 11) is 0. The lowest BCUT2D eigenvalue weighted by atomic mass is 9.89. The standard InChI is InChI=1S/C10H16N4/c1-7-12-13-9-8(10(11)4-5-10)3-2-6-14(7)9/h8H,2-6,11H2,1H3. The predicted octanol–water partition coefficient (Wildman–Crippen LogP) is 0.955. The number of nitrogens with zero attached hydrogens (tertiary/aromatic N) is 3. The van der Waals surface area contributed by atoms with Crippen LogP contribution in [-0.4, -0.2) is 20.3 Å². The van der Waals surface area contributed by atoms with Crippen LogP contribution in [0.25, 0.3) is 0 Å². The molecule has 0 bridgehead atoms. The van der Waals surface area contributed by atoms with Gasteiger partial charge in [-0.2, -0.15) is 0 Å². The molecule has 76 valence electrons. The molecule has 0 aromatic carbocycles. The van der Waals surface area contributed by atoms with Crippen LogP contribution >= 0.6 is 0 Å². The first-order valence-corrected chi connectivity index (χ1v) is 5.39. The van der Waals surface area contributed by atoms with Crippen LogP contribution in [0.4, 0.5) is 0 Å². The van der Waals surface area contributed by atoms with Gasteiger partial charge in [-0.3, -0.25) is 0 Å². The van der Waals surface area contributed by atoms with Gasteiger partial charge in [0.15, 0.2) is 0 Å². The van der Waals surface area contributed by atoms with E-state index in [1.807, 2.05) is 6.92 Å². The summed E-state index contributed by atoms with van der Waals surface area (Å²) in [6, 6.07) is 0. The highest BCUT2D eigenvalue weighted by Gasteiger charge is 2.48. The highest BCUT2D eigenvalue weighted by atomic mass is 15.3. The Kier molecular flexibility index (Phi) is 1.54. The fourth-order valence-electron chi connectivity index (χ4n) is 2.55. The van der Waals surface area contributed by atoms with Gasteiger partial charge < -0.3 is 10.3 Å². The molecule has 14 heavy (non-hydrogen) atoms. The van der Waals surface area contributed by atoms with Crippen LogP contribution in [0.3, 0.4) is 0 Å². The van der Waals surface area contributed by atoms with Crippen LogP contribution in [0.15, 0.2) is 0 Å². The zero-order valence-electron chi connectivity index (χ0n) is 8.53. The summed E-state index contributed by atoms with van der Waals surface area (Å²) in [6.45, 7) is 3.09. The molecule has 0 radical (unpaired) electrons. The Balaban J connectivity index is 2.03. The van der Waals surface area contributed by atoms with Crippen molar-refractivity contribution in [3.8, 4) is 0 Å². The Morgan fingerprint density at radius 2 is 2.21 bits per heavy atom. The summed E-state index contributed by atoms with van der Waals surface area (Å²) in [5.41, 5.74) is 6.32. The molecule has 0 amide bonds. The maximum atomic E-state index is 6.26. The number of aromatic nitrogens is 3. The van der Waals surface area contributed by atoms with Crippen LogP contribution in [-0.2, 0) is 6.54 Å². The van der Waals surface area contributed by atoms with E-state index in [1.165, 1.54) is 12.8 Å². The number of aryl methyl sites for hydroxylation is 1. The lowest BCUT2D eigenvalue weighted by Crippen LogP contribution is -2.35. The molecule has 2 heterocycles. The average Bonchev–Trinajstić information content (AvgIpc) is 2.83. The molecule has 1 aromatic rings. The molecule has 3 rings (SSSR count). The third-order valence-corrected chi connectivity index (χ3v) is 3.67. The molecule has 1 aromatic heterocycles. The number of rotatable bonds is 1. The van der Waals surface area contributed by atoms with E-state index in [1.54, 1.807) is 0 Å². The van der Waals surface area contributed by atoms with Crippen LogP contribution in [0, 0.1) is 6.92 Å². The van der Waals surface area contributed by atoms with Gasteiger partial charge in [0.2, 0.25) is 0 Å². The molecule has 2 N–H and O–H groups in total. The fourth-order valence-corrected chi connectivity index (χ4v) is 2.55. The summed E-state index contributed by atoms with van der Waals surface area (Å²) in [5, 5.41) is 8.42. The van der Waals surface area contributed by atoms with Gasteiger partial charge in [0.05, 0.1) is 0 Å². The van der Waals surface area contributed by atoms with Crippen molar-refractivity contribution in [2.24, 2.45) is 5.73 Å². The third-order valence-electron chi connectivity index (χ3n) is 3.67. The largest absolute Gasteiger partial charge is 0.324 e. The zero-order valence-corrected chi connectivity index (χ0v) is 8.53. The third kappa shape index (κ3) is 1.03. The molecule has 1 unspecified atom stereocenters. The minimum Gasteiger partial charge on any atom is -0.324 e. The number of fused-ring (bicyclic) bond motifs is 1. The van der Waals surface area contributed by atoms with Crippen molar-refractivity contribution in [2.75, 3.05) is 0 Å². The maximum absolute atomic E-state index is 6.26. The quantitative estimate of drug-likeness (QED) is 0.721. The smallest absolute Gasteiger partial charge is 0.137 e. The monoisotopic (exact) mass is 192 g/mol.